The van der Waals surface area contributed by atoms with Gasteiger partial charge in [0, 0.05) is 23.6 Å². The number of ether oxygens (including phenoxy) is 1. The predicted molar refractivity (Wildman–Crippen MR) is 180 cm³/mol. The number of aryl methyl sites for hydroxylation is 1. The van der Waals surface area contributed by atoms with E-state index in [0.29, 0.717) is 58.7 Å². The van der Waals surface area contributed by atoms with E-state index in [0.717, 1.165) is 37.8 Å². The third-order valence-electron chi connectivity index (χ3n) is 9.27. The predicted octanol–water partition coefficient (Wildman–Crippen LogP) is 5.93. The van der Waals surface area contributed by atoms with Crippen LogP contribution >= 0.6 is 0 Å². The van der Waals surface area contributed by atoms with Gasteiger partial charge in [0.15, 0.2) is 5.84 Å². The molecule has 2 unspecified atom stereocenters. The van der Waals surface area contributed by atoms with Crippen LogP contribution in [-0.4, -0.2) is 53.8 Å². The fourth-order valence-corrected chi connectivity index (χ4v) is 6.87. The van der Waals surface area contributed by atoms with E-state index in [1.54, 1.807) is 28.1 Å². The summed E-state index contributed by atoms with van der Waals surface area (Å²) in [5.74, 6) is 0.675. The molecule has 1 fully saturated rings. The van der Waals surface area contributed by atoms with E-state index < -0.39 is 12.2 Å². The van der Waals surface area contributed by atoms with Crippen molar-refractivity contribution < 1.29 is 24.2 Å². The van der Waals surface area contributed by atoms with Gasteiger partial charge in [0.25, 0.3) is 5.56 Å². The van der Waals surface area contributed by atoms with Crippen LogP contribution in [0, 0.1) is 5.82 Å². The fraction of sp³-hybridized carbons (Fsp3) is 0.444. The van der Waals surface area contributed by atoms with Gasteiger partial charge in [-0.05, 0) is 74.3 Å². The number of aliphatic hydroxyl groups is 2. The largest absolute Gasteiger partial charge is 0.510 e. The van der Waals surface area contributed by atoms with Gasteiger partial charge in [-0.15, -0.1) is 0 Å². The average Bonchev–Trinajstić information content (AvgIpc) is 3.76. The average molecular weight is 659 g/mol. The first-order valence-electron chi connectivity index (χ1n) is 16.9. The molecule has 2 aromatic heterocycles. The monoisotopic (exact) mass is 658 g/mol. The number of benzene rings is 2. The van der Waals surface area contributed by atoms with Crippen LogP contribution in [0.25, 0.3) is 16.9 Å². The summed E-state index contributed by atoms with van der Waals surface area (Å²) in [4.78, 5) is 23.8. The molecule has 0 saturated heterocycles. The zero-order valence-corrected chi connectivity index (χ0v) is 27.6. The number of nitrogens with one attached hydrogen (secondary N) is 1. The molecule has 1 saturated carbocycles. The number of halogens is 1. The summed E-state index contributed by atoms with van der Waals surface area (Å²) in [7, 11) is 0. The van der Waals surface area contributed by atoms with Gasteiger partial charge in [-0.25, -0.2) is 8.91 Å². The van der Waals surface area contributed by atoms with Crippen molar-refractivity contribution in [1.29, 1.82) is 0 Å². The lowest BCUT2D eigenvalue weighted by molar-refractivity contribution is -0.0896. The number of aliphatic hydroxyl groups excluding tert-OH is 2. The number of hydrogen-bond acceptors (Lipinski definition) is 9. The molecule has 0 radical (unpaired) electrons. The summed E-state index contributed by atoms with van der Waals surface area (Å²) in [5, 5.41) is 31.2. The molecule has 12 heteroatoms. The van der Waals surface area contributed by atoms with Crippen LogP contribution in [-0.2, 0) is 22.4 Å². The van der Waals surface area contributed by atoms with Crippen LogP contribution in [0.15, 0.2) is 70.6 Å². The summed E-state index contributed by atoms with van der Waals surface area (Å²) < 4.78 is 25.8. The van der Waals surface area contributed by atoms with Gasteiger partial charge in [-0.2, -0.15) is 10.1 Å². The van der Waals surface area contributed by atoms with Crippen molar-refractivity contribution >= 4 is 11.6 Å². The number of amidine groups is 1. The minimum absolute atomic E-state index is 0.0183. The Bertz CT molecular complexity index is 1880. The third-order valence-corrected chi connectivity index (χ3v) is 9.27. The standard InChI is InChI=1S/C36H43FN6O5/c1-4-9-30-28(19-23-14-13-22(20-29(23)37)26-11-7-8-12-27(26)33-40-36(46)48-41-33)34(45)42(35-38-21-39-43(30)35)24-15-17-25(18-16-24)47-32(10-5-2)31(44)6-3/h6-8,11-14,20-21,24-25,32,36,44,46H,4-5,9-10,15-19H2,1-3H3,(H,40,41)/t24-,25-,32?,36?. The van der Waals surface area contributed by atoms with Crippen molar-refractivity contribution in [1.82, 2.24) is 24.5 Å². The lowest BCUT2D eigenvalue weighted by Crippen LogP contribution is -2.36. The van der Waals surface area contributed by atoms with Crippen LogP contribution in [0.4, 0.5) is 4.39 Å². The summed E-state index contributed by atoms with van der Waals surface area (Å²) >= 11 is 0. The number of nitrogens with zero attached hydrogens (tertiary/aromatic N) is 5. The van der Waals surface area contributed by atoms with Crippen molar-refractivity contribution in [3.63, 3.8) is 0 Å². The number of rotatable bonds is 12. The molecule has 3 heterocycles. The Morgan fingerprint density at radius 1 is 1.15 bits per heavy atom. The normalized spacial score (nSPS) is 20.4. The molecular weight excluding hydrogens is 615 g/mol. The first kappa shape index (κ1) is 33.4. The maximum Gasteiger partial charge on any atom is 0.304 e. The molecular formula is C36H43FN6O5. The van der Waals surface area contributed by atoms with E-state index >= 15 is 4.39 Å². The van der Waals surface area contributed by atoms with Crippen molar-refractivity contribution in [2.45, 2.75) is 103 Å². The van der Waals surface area contributed by atoms with Gasteiger partial charge in [-0.3, -0.25) is 9.36 Å². The van der Waals surface area contributed by atoms with Crippen LogP contribution in [0.1, 0.15) is 94.1 Å². The van der Waals surface area contributed by atoms with Gasteiger partial charge >= 0.3 is 6.41 Å². The molecule has 0 spiro atoms. The Morgan fingerprint density at radius 2 is 1.92 bits per heavy atom. The minimum atomic E-state index is -1.24. The highest BCUT2D eigenvalue weighted by atomic mass is 19.1. The molecule has 0 bridgehead atoms. The van der Waals surface area contributed by atoms with Crippen LogP contribution < -0.4 is 10.9 Å². The Balaban J connectivity index is 1.30. The highest BCUT2D eigenvalue weighted by molar-refractivity contribution is 6.04. The molecule has 2 aliphatic rings. The Morgan fingerprint density at radius 3 is 2.58 bits per heavy atom. The molecule has 1 aliphatic carbocycles. The van der Waals surface area contributed by atoms with E-state index in [2.05, 4.69) is 27.5 Å². The highest BCUT2D eigenvalue weighted by Crippen LogP contribution is 2.33. The molecule has 254 valence electrons. The molecule has 3 N–H and O–H groups in total. The molecule has 6 rings (SSSR count). The van der Waals surface area contributed by atoms with Crippen LogP contribution in [0.5, 0.6) is 0 Å². The summed E-state index contributed by atoms with van der Waals surface area (Å²) in [6, 6.07) is 12.2. The van der Waals surface area contributed by atoms with E-state index in [9.17, 15) is 15.0 Å². The zero-order chi connectivity index (χ0) is 33.8. The van der Waals surface area contributed by atoms with Crippen LogP contribution in [0.3, 0.4) is 0 Å². The zero-order valence-electron chi connectivity index (χ0n) is 27.6. The Labute approximate surface area is 278 Å². The van der Waals surface area contributed by atoms with Crippen molar-refractivity contribution in [2.24, 2.45) is 5.16 Å². The second-order valence-electron chi connectivity index (χ2n) is 12.5. The number of aromatic nitrogens is 4. The summed E-state index contributed by atoms with van der Waals surface area (Å²) in [6.07, 6.45) is 7.59. The second kappa shape index (κ2) is 14.7. The first-order valence-corrected chi connectivity index (χ1v) is 16.9. The SMILES string of the molecule is CC=C(O)C(CCC)O[C@H]1CC[C@H](n2c(=O)c(Cc3ccc(-c4ccccc4C4=NOC(O)N4)cc3F)c(CCC)n3ncnc32)CC1. The lowest BCUT2D eigenvalue weighted by atomic mass is 9.92. The lowest BCUT2D eigenvalue weighted by Gasteiger charge is -2.32. The molecule has 0 amide bonds. The van der Waals surface area contributed by atoms with Crippen LogP contribution in [0.2, 0.25) is 0 Å². The van der Waals surface area contributed by atoms with Gasteiger partial charge in [0.2, 0.25) is 5.78 Å². The smallest absolute Gasteiger partial charge is 0.304 e. The fourth-order valence-electron chi connectivity index (χ4n) is 6.87. The number of fused-ring (bicyclic) bond motifs is 1. The minimum Gasteiger partial charge on any atom is -0.510 e. The molecule has 2 aromatic carbocycles. The molecule has 11 nitrogen and oxygen atoms in total. The summed E-state index contributed by atoms with van der Waals surface area (Å²) in [5.41, 5.74) is 3.48. The Kier molecular flexibility index (Phi) is 10.2. The van der Waals surface area contributed by atoms with Crippen molar-refractivity contribution in [3.05, 3.63) is 99.2 Å². The van der Waals surface area contributed by atoms with Gasteiger partial charge in [-0.1, -0.05) is 68.2 Å². The number of allylic oxidation sites excluding steroid dienone is 1. The topological polar surface area (TPSA) is 136 Å². The molecule has 4 aromatic rings. The highest BCUT2D eigenvalue weighted by Gasteiger charge is 2.30. The number of oxime groups is 1. The molecule has 1 aliphatic heterocycles. The first-order chi connectivity index (χ1) is 23.3. The molecule has 48 heavy (non-hydrogen) atoms. The van der Waals surface area contributed by atoms with E-state index in [-0.39, 0.29) is 36.0 Å². The maximum atomic E-state index is 15.9. The van der Waals surface area contributed by atoms with Crippen molar-refractivity contribution in [2.75, 3.05) is 0 Å². The maximum absolute atomic E-state index is 15.9. The van der Waals surface area contributed by atoms with E-state index in [1.807, 2.05) is 37.3 Å². The Hall–Kier alpha value is -4.55. The van der Waals surface area contributed by atoms with Gasteiger partial charge in [0.1, 0.15) is 24.0 Å². The van der Waals surface area contributed by atoms with E-state index in [1.165, 1.54) is 12.4 Å². The third kappa shape index (κ3) is 6.72. The number of hydrogen-bond donors (Lipinski definition) is 3. The second-order valence-corrected chi connectivity index (χ2v) is 12.5. The van der Waals surface area contributed by atoms with Crippen molar-refractivity contribution in [3.8, 4) is 11.1 Å². The summed E-state index contributed by atoms with van der Waals surface area (Å²) in [6.45, 7) is 5.91. The van der Waals surface area contributed by atoms with E-state index in [4.69, 9.17) is 9.57 Å². The molecule has 2 atom stereocenters. The van der Waals surface area contributed by atoms with Gasteiger partial charge < -0.3 is 25.1 Å². The quantitative estimate of drug-likeness (QED) is 0.160. The van der Waals surface area contributed by atoms with Gasteiger partial charge in [0.05, 0.1) is 11.8 Å².